The molecule has 0 aliphatic rings. The SMILES string of the molecule is Cc1cc2c(cc1C)[n+](Cc1ccccc1)cn2Cc1c(Cl)cccc1Cl.[Br-]. The summed E-state index contributed by atoms with van der Waals surface area (Å²) < 4.78 is 4.53. The van der Waals surface area contributed by atoms with Crippen molar-refractivity contribution in [2.45, 2.75) is 26.9 Å². The number of halogens is 3. The van der Waals surface area contributed by atoms with Crippen molar-refractivity contribution in [3.63, 3.8) is 0 Å². The predicted octanol–water partition coefficient (Wildman–Crippen LogP) is 2.95. The second kappa shape index (κ2) is 8.69. The first-order valence-electron chi connectivity index (χ1n) is 8.99. The van der Waals surface area contributed by atoms with Crippen LogP contribution in [0.4, 0.5) is 0 Å². The Hall–Kier alpha value is -1.81. The normalized spacial score (nSPS) is 10.9. The maximum atomic E-state index is 6.42. The summed E-state index contributed by atoms with van der Waals surface area (Å²) in [6.07, 6.45) is 2.16. The Labute approximate surface area is 186 Å². The molecule has 1 heterocycles. The zero-order valence-corrected chi connectivity index (χ0v) is 18.9. The summed E-state index contributed by atoms with van der Waals surface area (Å²) in [4.78, 5) is 0. The second-order valence-corrected chi connectivity index (χ2v) is 7.80. The van der Waals surface area contributed by atoms with Gasteiger partial charge in [-0.15, -0.1) is 0 Å². The summed E-state index contributed by atoms with van der Waals surface area (Å²) in [5.41, 5.74) is 7.19. The van der Waals surface area contributed by atoms with Crippen LogP contribution in [0, 0.1) is 13.8 Å². The highest BCUT2D eigenvalue weighted by molar-refractivity contribution is 6.36. The molecule has 0 amide bonds. The Kier molecular flexibility index (Phi) is 6.49. The van der Waals surface area contributed by atoms with Gasteiger partial charge in [-0.2, -0.15) is 0 Å². The van der Waals surface area contributed by atoms with E-state index in [1.807, 2.05) is 24.3 Å². The average molecular weight is 476 g/mol. The van der Waals surface area contributed by atoms with Gasteiger partial charge < -0.3 is 17.0 Å². The molecule has 0 aliphatic heterocycles. The largest absolute Gasteiger partial charge is 1.00 e. The van der Waals surface area contributed by atoms with E-state index in [1.165, 1.54) is 27.7 Å². The van der Waals surface area contributed by atoms with Crippen molar-refractivity contribution in [2.24, 2.45) is 0 Å². The molecule has 0 spiro atoms. The van der Waals surface area contributed by atoms with E-state index in [1.54, 1.807) is 0 Å². The Balaban J connectivity index is 0.00000225. The van der Waals surface area contributed by atoms with Gasteiger partial charge in [0.05, 0.1) is 0 Å². The van der Waals surface area contributed by atoms with E-state index in [4.69, 9.17) is 23.2 Å². The summed E-state index contributed by atoms with van der Waals surface area (Å²) in [7, 11) is 0. The minimum atomic E-state index is 0. The molecular formula is C23H21BrCl2N2. The number of aromatic nitrogens is 2. The van der Waals surface area contributed by atoms with Gasteiger partial charge in [-0.1, -0.05) is 59.6 Å². The van der Waals surface area contributed by atoms with E-state index < -0.39 is 0 Å². The minimum Gasteiger partial charge on any atom is -1.00 e. The van der Waals surface area contributed by atoms with Crippen molar-refractivity contribution in [3.05, 3.63) is 99.3 Å². The average Bonchev–Trinajstić information content (AvgIpc) is 2.96. The van der Waals surface area contributed by atoms with Crippen LogP contribution in [0.3, 0.4) is 0 Å². The van der Waals surface area contributed by atoms with Crippen molar-refractivity contribution in [1.29, 1.82) is 0 Å². The lowest BCUT2D eigenvalue weighted by molar-refractivity contribution is -0.663. The molecule has 0 atom stereocenters. The summed E-state index contributed by atoms with van der Waals surface area (Å²) in [6.45, 7) is 5.77. The van der Waals surface area contributed by atoms with Gasteiger partial charge in [0.15, 0.2) is 11.0 Å². The van der Waals surface area contributed by atoms with E-state index in [0.717, 1.165) is 12.1 Å². The number of benzene rings is 3. The summed E-state index contributed by atoms with van der Waals surface area (Å²) in [5, 5.41) is 1.39. The van der Waals surface area contributed by atoms with Crippen LogP contribution < -0.4 is 21.5 Å². The van der Waals surface area contributed by atoms with Crippen molar-refractivity contribution in [3.8, 4) is 0 Å². The lowest BCUT2D eigenvalue weighted by atomic mass is 10.1. The van der Waals surface area contributed by atoms with Crippen molar-refractivity contribution < 1.29 is 21.5 Å². The molecule has 4 rings (SSSR count). The maximum Gasteiger partial charge on any atom is 0.245 e. The Morgan fingerprint density at radius 1 is 0.857 bits per heavy atom. The Morgan fingerprint density at radius 2 is 1.50 bits per heavy atom. The molecule has 0 N–H and O–H groups in total. The van der Waals surface area contributed by atoms with Gasteiger partial charge in [-0.05, 0) is 54.8 Å². The maximum absolute atomic E-state index is 6.42. The third kappa shape index (κ3) is 4.12. The number of imidazole rings is 1. The van der Waals surface area contributed by atoms with Crippen LogP contribution >= 0.6 is 23.2 Å². The molecular weight excluding hydrogens is 455 g/mol. The third-order valence-corrected chi connectivity index (χ3v) is 5.78. The van der Waals surface area contributed by atoms with Crippen LogP contribution in [0.25, 0.3) is 11.0 Å². The van der Waals surface area contributed by atoms with Gasteiger partial charge in [-0.25, -0.2) is 9.13 Å². The number of fused-ring (bicyclic) bond motifs is 1. The monoisotopic (exact) mass is 474 g/mol. The molecule has 0 bridgehead atoms. The molecule has 5 heteroatoms. The summed E-state index contributed by atoms with van der Waals surface area (Å²) in [5.74, 6) is 0. The fourth-order valence-electron chi connectivity index (χ4n) is 3.42. The quantitative estimate of drug-likeness (QED) is 0.401. The zero-order valence-electron chi connectivity index (χ0n) is 15.8. The molecule has 144 valence electrons. The highest BCUT2D eigenvalue weighted by atomic mass is 79.9. The predicted molar refractivity (Wildman–Crippen MR) is 113 cm³/mol. The lowest BCUT2D eigenvalue weighted by Gasteiger charge is -2.05. The fraction of sp³-hybridized carbons (Fsp3) is 0.174. The summed E-state index contributed by atoms with van der Waals surface area (Å²) >= 11 is 12.8. The van der Waals surface area contributed by atoms with Gasteiger partial charge in [0.1, 0.15) is 13.1 Å². The number of nitrogens with zero attached hydrogens (tertiary/aromatic N) is 2. The van der Waals surface area contributed by atoms with Gasteiger partial charge in [0, 0.05) is 15.6 Å². The van der Waals surface area contributed by atoms with E-state index >= 15 is 0 Å². The van der Waals surface area contributed by atoms with E-state index in [9.17, 15) is 0 Å². The van der Waals surface area contributed by atoms with Gasteiger partial charge in [0.2, 0.25) is 6.33 Å². The molecule has 0 aliphatic carbocycles. The first-order valence-corrected chi connectivity index (χ1v) is 9.75. The van der Waals surface area contributed by atoms with Crippen LogP contribution in [-0.2, 0) is 13.1 Å². The number of hydrogen-bond donors (Lipinski definition) is 0. The van der Waals surface area contributed by atoms with Crippen molar-refractivity contribution in [2.75, 3.05) is 0 Å². The number of hydrogen-bond acceptors (Lipinski definition) is 0. The first-order chi connectivity index (χ1) is 13.0. The standard InChI is InChI=1S/C23H21Cl2N2.BrH/c1-16-11-22-23(12-17(16)2)27(14-19-20(24)9-6-10-21(19)25)15-26(22)13-18-7-4-3-5-8-18;/h3-12,15H,13-14H2,1-2H3;1H/q+1;/p-1. The van der Waals surface area contributed by atoms with Gasteiger partial charge in [-0.3, -0.25) is 0 Å². The second-order valence-electron chi connectivity index (χ2n) is 6.98. The molecule has 3 aromatic carbocycles. The zero-order chi connectivity index (χ0) is 19.0. The molecule has 0 saturated carbocycles. The molecule has 0 fully saturated rings. The third-order valence-electron chi connectivity index (χ3n) is 5.07. The topological polar surface area (TPSA) is 8.81 Å². The van der Waals surface area contributed by atoms with E-state index in [0.29, 0.717) is 16.6 Å². The van der Waals surface area contributed by atoms with Gasteiger partial charge in [0.25, 0.3) is 0 Å². The first kappa shape index (κ1) is 20.9. The van der Waals surface area contributed by atoms with E-state index in [2.05, 4.69) is 65.7 Å². The van der Waals surface area contributed by atoms with Gasteiger partial charge >= 0.3 is 0 Å². The molecule has 2 nitrogen and oxygen atoms in total. The van der Waals surface area contributed by atoms with Crippen LogP contribution in [0.15, 0.2) is 67.0 Å². The van der Waals surface area contributed by atoms with Crippen molar-refractivity contribution in [1.82, 2.24) is 4.57 Å². The fourth-order valence-corrected chi connectivity index (χ4v) is 3.94. The van der Waals surface area contributed by atoms with Crippen LogP contribution in [-0.4, -0.2) is 4.57 Å². The molecule has 1 aromatic heterocycles. The number of aryl methyl sites for hydroxylation is 2. The highest BCUT2D eigenvalue weighted by Crippen LogP contribution is 2.27. The Morgan fingerprint density at radius 3 is 2.18 bits per heavy atom. The highest BCUT2D eigenvalue weighted by Gasteiger charge is 2.19. The molecule has 0 radical (unpaired) electrons. The van der Waals surface area contributed by atoms with Crippen molar-refractivity contribution >= 4 is 34.2 Å². The van der Waals surface area contributed by atoms with Crippen LogP contribution in [0.1, 0.15) is 22.3 Å². The molecule has 0 unspecified atom stereocenters. The van der Waals surface area contributed by atoms with Crippen LogP contribution in [0.2, 0.25) is 10.0 Å². The minimum absolute atomic E-state index is 0. The smallest absolute Gasteiger partial charge is 0.245 e. The molecule has 28 heavy (non-hydrogen) atoms. The summed E-state index contributed by atoms with van der Waals surface area (Å²) in [6, 6.07) is 20.7. The molecule has 4 aromatic rings. The van der Waals surface area contributed by atoms with Crippen LogP contribution in [0.5, 0.6) is 0 Å². The lowest BCUT2D eigenvalue weighted by Crippen LogP contribution is -3.00. The number of rotatable bonds is 4. The van der Waals surface area contributed by atoms with E-state index in [-0.39, 0.29) is 17.0 Å². The molecule has 0 saturated heterocycles. The Bertz CT molecular complexity index is 1100.